The number of hydrogen-bond donors (Lipinski definition) is 3. The number of nitrogens with two attached hydrogens (primary N) is 1. The van der Waals surface area contributed by atoms with Gasteiger partial charge in [0.05, 0.1) is 6.54 Å². The summed E-state index contributed by atoms with van der Waals surface area (Å²) < 4.78 is 0. The van der Waals surface area contributed by atoms with Crippen molar-refractivity contribution in [1.82, 2.24) is 15.5 Å². The summed E-state index contributed by atoms with van der Waals surface area (Å²) in [4.78, 5) is 47.2. The van der Waals surface area contributed by atoms with Crippen molar-refractivity contribution in [3.8, 4) is 0 Å². The first-order valence-corrected chi connectivity index (χ1v) is 12.0. The molecular formula is C25H44N4O4. The first kappa shape index (κ1) is 30.4. The molecule has 1 saturated carbocycles. The van der Waals surface area contributed by atoms with Crippen LogP contribution in [0.1, 0.15) is 79.6 Å². The van der Waals surface area contributed by atoms with E-state index in [9.17, 15) is 19.2 Å². The van der Waals surface area contributed by atoms with E-state index in [-0.39, 0.29) is 36.2 Å². The predicted octanol–water partition coefficient (Wildman–Crippen LogP) is 2.83. The molecular weight excluding hydrogens is 420 g/mol. The van der Waals surface area contributed by atoms with Gasteiger partial charge in [-0.2, -0.15) is 0 Å². The van der Waals surface area contributed by atoms with Gasteiger partial charge in [-0.1, -0.05) is 44.1 Å². The first-order valence-electron chi connectivity index (χ1n) is 12.0. The summed E-state index contributed by atoms with van der Waals surface area (Å²) in [6.45, 7) is 13.4. The highest BCUT2D eigenvalue weighted by molar-refractivity contribution is 5.90. The molecule has 2 aliphatic rings. The minimum absolute atomic E-state index is 0.0236. The second-order valence-corrected chi connectivity index (χ2v) is 8.41. The number of likely N-dealkylation sites (tertiary alicyclic amines) is 1. The van der Waals surface area contributed by atoms with Gasteiger partial charge in [-0.15, -0.1) is 0 Å². The molecule has 188 valence electrons. The maximum absolute atomic E-state index is 12.3. The highest BCUT2D eigenvalue weighted by atomic mass is 16.2. The Morgan fingerprint density at radius 1 is 1.09 bits per heavy atom. The molecule has 1 aliphatic heterocycles. The average Bonchev–Trinajstić information content (AvgIpc) is 3.18. The normalized spacial score (nSPS) is 21.3. The lowest BCUT2D eigenvalue weighted by atomic mass is 9.84. The second kappa shape index (κ2) is 16.9. The number of carbonyl (C=O) groups excluding carboxylic acids is 4. The van der Waals surface area contributed by atoms with Gasteiger partial charge in [0.15, 0.2) is 0 Å². The molecule has 8 nitrogen and oxygen atoms in total. The van der Waals surface area contributed by atoms with Crippen LogP contribution < -0.4 is 16.4 Å². The van der Waals surface area contributed by atoms with Crippen molar-refractivity contribution in [2.75, 3.05) is 13.1 Å². The number of fused-ring (bicyclic) bond motifs is 1. The molecule has 0 radical (unpaired) electrons. The number of carbonyl (C=O) groups is 4. The maximum atomic E-state index is 12.3. The summed E-state index contributed by atoms with van der Waals surface area (Å²) in [5, 5.41) is 5.30. The van der Waals surface area contributed by atoms with Gasteiger partial charge in [-0.05, 0) is 52.4 Å². The molecule has 0 aromatic carbocycles. The van der Waals surface area contributed by atoms with E-state index in [2.05, 4.69) is 17.2 Å². The number of amides is 4. The number of rotatable bonds is 7. The molecule has 0 aromatic heterocycles. The van der Waals surface area contributed by atoms with Crippen LogP contribution in [0.3, 0.4) is 0 Å². The minimum atomic E-state index is -0.412. The Bertz CT molecular complexity index is 690. The van der Waals surface area contributed by atoms with Crippen molar-refractivity contribution in [2.24, 2.45) is 11.7 Å². The molecule has 3 atom stereocenters. The van der Waals surface area contributed by atoms with Crippen molar-refractivity contribution in [3.05, 3.63) is 24.3 Å². The molecule has 4 amide bonds. The fourth-order valence-corrected chi connectivity index (χ4v) is 4.06. The Balaban J connectivity index is 0.000000705. The van der Waals surface area contributed by atoms with E-state index in [4.69, 9.17) is 5.73 Å². The summed E-state index contributed by atoms with van der Waals surface area (Å²) in [5.74, 6) is -0.218. The van der Waals surface area contributed by atoms with Crippen LogP contribution in [0.2, 0.25) is 0 Å². The topological polar surface area (TPSA) is 122 Å². The largest absolute Gasteiger partial charge is 0.370 e. The molecule has 1 heterocycles. The number of allylic oxidation sites excluding steroid dienone is 3. The predicted molar refractivity (Wildman–Crippen MR) is 132 cm³/mol. The molecule has 4 N–H and O–H groups in total. The third kappa shape index (κ3) is 11.7. The zero-order valence-corrected chi connectivity index (χ0v) is 21.1. The Morgan fingerprint density at radius 2 is 1.73 bits per heavy atom. The molecule has 8 heteroatoms. The molecule has 0 aromatic rings. The Morgan fingerprint density at radius 3 is 2.15 bits per heavy atom. The van der Waals surface area contributed by atoms with Gasteiger partial charge in [0, 0.05) is 25.9 Å². The fourth-order valence-electron chi connectivity index (χ4n) is 4.06. The molecule has 3 unspecified atom stereocenters. The van der Waals surface area contributed by atoms with Crippen LogP contribution >= 0.6 is 0 Å². The molecule has 33 heavy (non-hydrogen) atoms. The lowest BCUT2D eigenvalue weighted by Crippen LogP contribution is -2.50. The third-order valence-corrected chi connectivity index (χ3v) is 5.83. The van der Waals surface area contributed by atoms with E-state index in [1.807, 2.05) is 39.8 Å². The molecule has 2 fully saturated rings. The molecule has 1 aliphatic carbocycles. The SMILES string of the molecule is C=C/C(C)=C\C.CCCC(N)=O.CCNC(=O)CNC(=O)C1CC2CCCCC2N1C(C)=O. The van der Waals surface area contributed by atoms with E-state index in [0.717, 1.165) is 32.1 Å². The second-order valence-electron chi connectivity index (χ2n) is 8.41. The van der Waals surface area contributed by atoms with E-state index in [0.29, 0.717) is 18.9 Å². The highest BCUT2D eigenvalue weighted by Crippen LogP contribution is 2.39. The lowest BCUT2D eigenvalue weighted by Gasteiger charge is -2.32. The van der Waals surface area contributed by atoms with E-state index in [1.165, 1.54) is 18.9 Å². The smallest absolute Gasteiger partial charge is 0.243 e. The first-order chi connectivity index (χ1) is 15.6. The van der Waals surface area contributed by atoms with Crippen LogP contribution in [0.25, 0.3) is 0 Å². The molecule has 1 saturated heterocycles. The van der Waals surface area contributed by atoms with Gasteiger partial charge in [-0.3, -0.25) is 19.2 Å². The minimum Gasteiger partial charge on any atom is -0.370 e. The van der Waals surface area contributed by atoms with E-state index in [1.54, 1.807) is 4.90 Å². The van der Waals surface area contributed by atoms with E-state index < -0.39 is 6.04 Å². The number of nitrogens with zero attached hydrogens (tertiary/aromatic N) is 1. The van der Waals surface area contributed by atoms with Crippen LogP contribution in [0, 0.1) is 5.92 Å². The van der Waals surface area contributed by atoms with E-state index >= 15 is 0 Å². The van der Waals surface area contributed by atoms with Crippen molar-refractivity contribution >= 4 is 23.6 Å². The van der Waals surface area contributed by atoms with Crippen LogP contribution in [-0.4, -0.2) is 53.7 Å². The van der Waals surface area contributed by atoms with Gasteiger partial charge in [0.2, 0.25) is 23.6 Å². The van der Waals surface area contributed by atoms with Gasteiger partial charge in [-0.25, -0.2) is 0 Å². The average molecular weight is 465 g/mol. The van der Waals surface area contributed by atoms with Crippen LogP contribution in [0.5, 0.6) is 0 Å². The third-order valence-electron chi connectivity index (χ3n) is 5.83. The summed E-state index contributed by atoms with van der Waals surface area (Å²) in [5.41, 5.74) is 6.00. The van der Waals surface area contributed by atoms with Gasteiger partial charge in [0.1, 0.15) is 6.04 Å². The fraction of sp³-hybridized carbons (Fsp3) is 0.680. The highest BCUT2D eigenvalue weighted by Gasteiger charge is 2.46. The van der Waals surface area contributed by atoms with Gasteiger partial charge in [0.25, 0.3) is 0 Å². The molecule has 0 spiro atoms. The number of likely N-dealkylation sites (N-methyl/N-ethyl adjacent to an activating group) is 1. The summed E-state index contributed by atoms with van der Waals surface area (Å²) >= 11 is 0. The zero-order chi connectivity index (χ0) is 25.4. The zero-order valence-electron chi connectivity index (χ0n) is 21.1. The summed E-state index contributed by atoms with van der Waals surface area (Å²) in [6.07, 6.45) is 10.3. The van der Waals surface area contributed by atoms with Gasteiger partial charge < -0.3 is 21.3 Å². The number of primary amides is 1. The van der Waals surface area contributed by atoms with Crippen molar-refractivity contribution in [3.63, 3.8) is 0 Å². The van der Waals surface area contributed by atoms with Crippen LogP contribution in [-0.2, 0) is 19.2 Å². The molecule has 0 bridgehead atoms. The maximum Gasteiger partial charge on any atom is 0.243 e. The Hall–Kier alpha value is -2.64. The Kier molecular flexibility index (Phi) is 15.6. The number of nitrogens with one attached hydrogen (secondary N) is 2. The van der Waals surface area contributed by atoms with Crippen LogP contribution in [0.15, 0.2) is 24.3 Å². The quantitative estimate of drug-likeness (QED) is 0.502. The van der Waals surface area contributed by atoms with Crippen LogP contribution in [0.4, 0.5) is 0 Å². The Labute approximate surface area is 199 Å². The molecule has 2 rings (SSSR count). The van der Waals surface area contributed by atoms with Crippen molar-refractivity contribution < 1.29 is 19.2 Å². The summed E-state index contributed by atoms with van der Waals surface area (Å²) in [6, 6.07) is -0.207. The monoisotopic (exact) mass is 464 g/mol. The number of hydrogen-bond acceptors (Lipinski definition) is 4. The van der Waals surface area contributed by atoms with Gasteiger partial charge >= 0.3 is 0 Å². The lowest BCUT2D eigenvalue weighted by molar-refractivity contribution is -0.139. The van der Waals surface area contributed by atoms with Crippen molar-refractivity contribution in [1.29, 1.82) is 0 Å². The standard InChI is InChI=1S/C15H25N3O3.C6H10.C4H9NO/c1-3-16-14(20)9-17-15(21)13-8-11-6-4-5-7-12(11)18(13)10(2)19;1-4-6(3)5-2;1-2-3-4(5)6/h11-13H,3-9H2,1-2H3,(H,16,20)(H,17,21);4-5H,1H2,2-3H3;2-3H2,1H3,(H2,5,6)/b;6-5-;. The summed E-state index contributed by atoms with van der Waals surface area (Å²) in [7, 11) is 0. The van der Waals surface area contributed by atoms with Crippen molar-refractivity contribution in [2.45, 2.75) is 91.6 Å².